The fourth-order valence-electron chi connectivity index (χ4n) is 1.25. The van der Waals surface area contributed by atoms with Crippen LogP contribution in [0, 0.1) is 5.41 Å². The average molecular weight is 141 g/mol. The Labute approximate surface area is 59.6 Å². The summed E-state index contributed by atoms with van der Waals surface area (Å²) in [7, 11) is 0. The van der Waals surface area contributed by atoms with E-state index in [4.69, 9.17) is 5.11 Å². The predicted molar refractivity (Wildman–Crippen MR) is 35.7 cm³/mol. The first kappa shape index (κ1) is 6.16. The number of hydrogen-bond acceptors (Lipinski definition) is 2. The molecule has 1 heterocycles. The molecule has 0 aromatic carbocycles. The Balaban J connectivity index is 1.93. The molecule has 2 fully saturated rings. The van der Waals surface area contributed by atoms with Gasteiger partial charge in [-0.25, -0.2) is 0 Å². The first-order chi connectivity index (χ1) is 4.73. The maximum absolute atomic E-state index is 10.6. The zero-order valence-corrected chi connectivity index (χ0v) is 5.84. The van der Waals surface area contributed by atoms with Crippen molar-refractivity contribution < 1.29 is 9.90 Å². The van der Waals surface area contributed by atoms with Crippen LogP contribution in [-0.2, 0) is 4.79 Å². The fraction of sp³-hybridized carbons (Fsp3) is 0.857. The Hall–Kier alpha value is -0.570. The number of rotatable bonds is 3. The highest BCUT2D eigenvalue weighted by atomic mass is 16.4. The highest BCUT2D eigenvalue weighted by Crippen LogP contribution is 2.47. The summed E-state index contributed by atoms with van der Waals surface area (Å²) in [6.45, 7) is 3.01. The molecule has 0 amide bonds. The summed E-state index contributed by atoms with van der Waals surface area (Å²) < 4.78 is 0. The molecule has 1 aliphatic carbocycles. The normalized spacial score (nSPS) is 28.0. The molecule has 0 radical (unpaired) electrons. The molecule has 1 saturated heterocycles. The van der Waals surface area contributed by atoms with Gasteiger partial charge in [0.25, 0.3) is 0 Å². The molecule has 1 N–H and O–H groups in total. The maximum Gasteiger partial charge on any atom is 0.310 e. The zero-order valence-electron chi connectivity index (χ0n) is 5.84. The lowest BCUT2D eigenvalue weighted by Crippen LogP contribution is -2.23. The van der Waals surface area contributed by atoms with Crippen molar-refractivity contribution in [1.29, 1.82) is 0 Å². The SMILES string of the molecule is O=C(O)C1(CN2CC2)CC1. The largest absolute Gasteiger partial charge is 0.481 e. The number of carboxylic acid groups (broad SMARTS) is 1. The van der Waals surface area contributed by atoms with E-state index in [1.165, 1.54) is 0 Å². The smallest absolute Gasteiger partial charge is 0.310 e. The molecule has 0 aromatic heterocycles. The molecule has 0 atom stereocenters. The van der Waals surface area contributed by atoms with Gasteiger partial charge in [0, 0.05) is 19.6 Å². The summed E-state index contributed by atoms with van der Waals surface area (Å²) in [6.07, 6.45) is 1.78. The van der Waals surface area contributed by atoms with E-state index in [0.29, 0.717) is 0 Å². The van der Waals surface area contributed by atoms with Gasteiger partial charge in [0.2, 0.25) is 0 Å². The van der Waals surface area contributed by atoms with Crippen molar-refractivity contribution in [2.24, 2.45) is 5.41 Å². The fourth-order valence-corrected chi connectivity index (χ4v) is 1.25. The van der Waals surface area contributed by atoms with Crippen LogP contribution >= 0.6 is 0 Å². The molecule has 3 nitrogen and oxygen atoms in total. The lowest BCUT2D eigenvalue weighted by molar-refractivity contribution is -0.143. The number of nitrogens with zero attached hydrogens (tertiary/aromatic N) is 1. The second kappa shape index (κ2) is 1.72. The third-order valence-electron chi connectivity index (χ3n) is 2.37. The second-order valence-electron chi connectivity index (χ2n) is 3.36. The minimum absolute atomic E-state index is 0.323. The molecule has 0 aromatic rings. The molecule has 10 heavy (non-hydrogen) atoms. The Kier molecular flexibility index (Phi) is 1.06. The van der Waals surface area contributed by atoms with Crippen molar-refractivity contribution in [2.75, 3.05) is 19.6 Å². The molecule has 0 bridgehead atoms. The van der Waals surface area contributed by atoms with E-state index in [1.54, 1.807) is 0 Å². The van der Waals surface area contributed by atoms with Crippen LogP contribution in [0.25, 0.3) is 0 Å². The number of aliphatic carboxylic acids is 1. The van der Waals surface area contributed by atoms with Crippen LogP contribution in [0.4, 0.5) is 0 Å². The first-order valence-electron chi connectivity index (χ1n) is 3.69. The third kappa shape index (κ3) is 0.904. The zero-order chi connectivity index (χ0) is 7.19. The lowest BCUT2D eigenvalue weighted by atomic mass is 10.1. The molecule has 0 spiro atoms. The van der Waals surface area contributed by atoms with Gasteiger partial charge in [0.1, 0.15) is 0 Å². The van der Waals surface area contributed by atoms with E-state index in [2.05, 4.69) is 4.90 Å². The summed E-state index contributed by atoms with van der Waals surface area (Å²) in [5, 5.41) is 8.75. The second-order valence-corrected chi connectivity index (χ2v) is 3.36. The van der Waals surface area contributed by atoms with E-state index >= 15 is 0 Å². The van der Waals surface area contributed by atoms with Crippen LogP contribution in [0.5, 0.6) is 0 Å². The Morgan fingerprint density at radius 3 is 2.40 bits per heavy atom. The Morgan fingerprint density at radius 2 is 2.10 bits per heavy atom. The monoisotopic (exact) mass is 141 g/mol. The van der Waals surface area contributed by atoms with Gasteiger partial charge in [-0.15, -0.1) is 0 Å². The molecular weight excluding hydrogens is 130 g/mol. The van der Waals surface area contributed by atoms with Gasteiger partial charge in [-0.2, -0.15) is 0 Å². The Morgan fingerprint density at radius 1 is 1.50 bits per heavy atom. The van der Waals surface area contributed by atoms with E-state index in [1.807, 2.05) is 0 Å². The standard InChI is InChI=1S/C7H11NO2/c9-6(10)7(1-2-7)5-8-3-4-8/h1-5H2,(H,9,10). The van der Waals surface area contributed by atoms with Gasteiger partial charge in [-0.3, -0.25) is 9.69 Å². The van der Waals surface area contributed by atoms with Crippen molar-refractivity contribution in [1.82, 2.24) is 4.90 Å². The minimum atomic E-state index is -0.598. The van der Waals surface area contributed by atoms with Crippen molar-refractivity contribution in [3.05, 3.63) is 0 Å². The van der Waals surface area contributed by atoms with Crippen LogP contribution in [0.1, 0.15) is 12.8 Å². The predicted octanol–water partition coefficient (Wildman–Crippen LogP) is 0.167. The van der Waals surface area contributed by atoms with Gasteiger partial charge in [0.15, 0.2) is 0 Å². The summed E-state index contributed by atoms with van der Waals surface area (Å²) in [6, 6.07) is 0. The number of hydrogen-bond donors (Lipinski definition) is 1. The molecule has 56 valence electrons. The molecule has 1 saturated carbocycles. The Bertz CT molecular complexity index is 170. The summed E-state index contributed by atoms with van der Waals surface area (Å²) >= 11 is 0. The van der Waals surface area contributed by atoms with Crippen LogP contribution in [0.15, 0.2) is 0 Å². The van der Waals surface area contributed by atoms with Gasteiger partial charge in [-0.05, 0) is 12.8 Å². The van der Waals surface area contributed by atoms with Crippen LogP contribution in [0.3, 0.4) is 0 Å². The van der Waals surface area contributed by atoms with Crippen LogP contribution < -0.4 is 0 Å². The average Bonchev–Trinajstić information content (AvgIpc) is 2.65. The summed E-state index contributed by atoms with van der Waals surface area (Å²) in [5.41, 5.74) is -0.323. The molecule has 0 unspecified atom stereocenters. The van der Waals surface area contributed by atoms with Crippen LogP contribution in [-0.4, -0.2) is 35.6 Å². The topological polar surface area (TPSA) is 40.3 Å². The van der Waals surface area contributed by atoms with Crippen LogP contribution in [0.2, 0.25) is 0 Å². The highest BCUT2D eigenvalue weighted by Gasteiger charge is 2.52. The van der Waals surface area contributed by atoms with E-state index in [-0.39, 0.29) is 5.41 Å². The number of carboxylic acids is 1. The van der Waals surface area contributed by atoms with E-state index in [0.717, 1.165) is 32.5 Å². The van der Waals surface area contributed by atoms with Gasteiger partial charge in [-0.1, -0.05) is 0 Å². The van der Waals surface area contributed by atoms with Gasteiger partial charge >= 0.3 is 5.97 Å². The van der Waals surface area contributed by atoms with Gasteiger partial charge < -0.3 is 5.11 Å². The number of carbonyl (C=O) groups is 1. The third-order valence-corrected chi connectivity index (χ3v) is 2.37. The lowest BCUT2D eigenvalue weighted by Gasteiger charge is -2.08. The van der Waals surface area contributed by atoms with Crippen molar-refractivity contribution >= 4 is 5.97 Å². The first-order valence-corrected chi connectivity index (χ1v) is 3.69. The minimum Gasteiger partial charge on any atom is -0.481 e. The molecule has 2 rings (SSSR count). The maximum atomic E-state index is 10.6. The van der Waals surface area contributed by atoms with Crippen molar-refractivity contribution in [3.8, 4) is 0 Å². The van der Waals surface area contributed by atoms with E-state index in [9.17, 15) is 4.79 Å². The molecule has 2 aliphatic rings. The quantitative estimate of drug-likeness (QED) is 0.569. The molecule has 3 heteroatoms. The summed E-state index contributed by atoms with van der Waals surface area (Å²) in [5.74, 6) is -0.598. The molecular formula is C7H11NO2. The molecule has 1 aliphatic heterocycles. The van der Waals surface area contributed by atoms with Crippen molar-refractivity contribution in [2.45, 2.75) is 12.8 Å². The van der Waals surface area contributed by atoms with Crippen molar-refractivity contribution in [3.63, 3.8) is 0 Å². The van der Waals surface area contributed by atoms with E-state index < -0.39 is 5.97 Å². The summed E-state index contributed by atoms with van der Waals surface area (Å²) in [4.78, 5) is 12.8. The van der Waals surface area contributed by atoms with Gasteiger partial charge in [0.05, 0.1) is 5.41 Å². The highest BCUT2D eigenvalue weighted by molar-refractivity contribution is 5.78.